The van der Waals surface area contributed by atoms with Crippen molar-refractivity contribution < 1.29 is 18.1 Å². The Bertz CT molecular complexity index is 3010. The van der Waals surface area contributed by atoms with Gasteiger partial charge in [-0.1, -0.05) is 170 Å². The number of para-hydroxylation sites is 2. The summed E-state index contributed by atoms with van der Waals surface area (Å²) in [6.45, 7) is 0. The van der Waals surface area contributed by atoms with Gasteiger partial charge in [0.15, 0.2) is 17.5 Å². The summed E-state index contributed by atoms with van der Waals surface area (Å²) in [7, 11) is 0. The van der Waals surface area contributed by atoms with Crippen LogP contribution in [0.4, 0.5) is 0 Å². The van der Waals surface area contributed by atoms with Gasteiger partial charge in [0.05, 0.1) is 19.3 Å². The average Bonchev–Trinajstić information content (AvgIpc) is 3.66. The molecule has 0 unspecified atom stereocenters. The number of nitrogens with zero attached hydrogens (tertiary/aromatic N) is 3. The highest BCUT2D eigenvalue weighted by molar-refractivity contribution is 6.12. The van der Waals surface area contributed by atoms with Gasteiger partial charge >= 0.3 is 0 Å². The van der Waals surface area contributed by atoms with Crippen LogP contribution < -0.4 is 0 Å². The first kappa shape index (κ1) is 19.9. The summed E-state index contributed by atoms with van der Waals surface area (Å²) in [4.78, 5) is 13.6. The van der Waals surface area contributed by atoms with Gasteiger partial charge in [-0.3, -0.25) is 0 Å². The van der Waals surface area contributed by atoms with Gasteiger partial charge in [0.2, 0.25) is 0 Å². The number of hydrogen-bond acceptors (Lipinski definition) is 4. The second-order valence-corrected chi connectivity index (χ2v) is 11.3. The van der Waals surface area contributed by atoms with E-state index in [0.29, 0.717) is 22.1 Å². The lowest BCUT2D eigenvalue weighted by atomic mass is 9.97. The van der Waals surface area contributed by atoms with Gasteiger partial charge in [0.25, 0.3) is 0 Å². The number of benzene rings is 7. The minimum absolute atomic E-state index is 0.0718. The van der Waals surface area contributed by atoms with E-state index in [1.165, 1.54) is 0 Å². The topological polar surface area (TPSA) is 51.8 Å². The van der Waals surface area contributed by atoms with Gasteiger partial charge in [-0.05, 0) is 33.9 Å². The van der Waals surface area contributed by atoms with Crippen molar-refractivity contribution >= 4 is 21.9 Å². The molecule has 9 aromatic rings. The molecule has 0 radical (unpaired) electrons. The molecule has 2 heterocycles. The monoisotopic (exact) mass is 637 g/mol. The molecule has 0 saturated carbocycles. The Morgan fingerprint density at radius 2 is 0.776 bits per heavy atom. The third-order valence-corrected chi connectivity index (χ3v) is 8.37. The summed E-state index contributed by atoms with van der Waals surface area (Å²) < 4.78 is 90.7. The van der Waals surface area contributed by atoms with E-state index in [2.05, 4.69) is 63.5 Å². The molecule has 0 amide bonds. The second kappa shape index (κ2) is 12.2. The Labute approximate surface area is 298 Å². The van der Waals surface area contributed by atoms with Crippen LogP contribution in [-0.2, 0) is 0 Å². The molecule has 4 heteroatoms. The standard InChI is InChI=1S/C45H29N3O/c1-4-12-30(13-5-1)31-22-24-32(25-23-31)33-26-28-34(29-27-33)37-18-10-19-38-39-20-11-21-40(42(39)49-41(37)38)45-47-43(35-14-6-2-7-15-35)46-44(48-45)36-16-8-3-9-17-36/h1-29H/i2D,3D,6D,7D,8D,9D,14D,15D,16D,17D. The maximum Gasteiger partial charge on any atom is 0.167 e. The van der Waals surface area contributed by atoms with Gasteiger partial charge in [-0.25, -0.2) is 15.0 Å². The fourth-order valence-corrected chi connectivity index (χ4v) is 6.00. The quantitative estimate of drug-likeness (QED) is 0.182. The molecule has 0 bridgehead atoms. The van der Waals surface area contributed by atoms with Crippen molar-refractivity contribution in [1.82, 2.24) is 15.0 Å². The molecule has 0 spiro atoms. The summed E-state index contributed by atoms with van der Waals surface area (Å²) in [5.41, 5.74) is 6.74. The molecule has 0 fully saturated rings. The number of hydrogen-bond donors (Lipinski definition) is 0. The van der Waals surface area contributed by atoms with E-state index in [-0.39, 0.29) is 28.6 Å². The Hall–Kier alpha value is -6.65. The van der Waals surface area contributed by atoms with Crippen LogP contribution in [0.5, 0.6) is 0 Å². The van der Waals surface area contributed by atoms with Crippen LogP contribution in [0.2, 0.25) is 0 Å². The van der Waals surface area contributed by atoms with Crippen molar-refractivity contribution in [3.05, 3.63) is 176 Å². The number of aromatic nitrogens is 3. The minimum atomic E-state index is -0.617. The Morgan fingerprint density at radius 3 is 1.31 bits per heavy atom. The molecule has 49 heavy (non-hydrogen) atoms. The fourth-order valence-electron chi connectivity index (χ4n) is 6.00. The lowest BCUT2D eigenvalue weighted by molar-refractivity contribution is 0.670. The molecular formula is C45H29N3O. The molecule has 0 aliphatic rings. The van der Waals surface area contributed by atoms with Gasteiger partial charge in [0.1, 0.15) is 11.2 Å². The first-order valence-corrected chi connectivity index (χ1v) is 15.5. The van der Waals surface area contributed by atoms with E-state index in [9.17, 15) is 0 Å². The third kappa shape index (κ3) is 5.35. The van der Waals surface area contributed by atoms with Crippen LogP contribution in [-0.4, -0.2) is 15.0 Å². The molecule has 2 aromatic heterocycles. The van der Waals surface area contributed by atoms with E-state index in [0.717, 1.165) is 38.8 Å². The van der Waals surface area contributed by atoms with E-state index >= 15 is 0 Å². The second-order valence-electron chi connectivity index (χ2n) is 11.3. The Morgan fingerprint density at radius 1 is 0.347 bits per heavy atom. The van der Waals surface area contributed by atoms with Gasteiger partial charge < -0.3 is 4.42 Å². The van der Waals surface area contributed by atoms with Crippen molar-refractivity contribution in [3.63, 3.8) is 0 Å². The van der Waals surface area contributed by atoms with Crippen LogP contribution in [0.3, 0.4) is 0 Å². The molecular weight excluding hydrogens is 599 g/mol. The summed E-state index contributed by atoms with van der Waals surface area (Å²) in [6.07, 6.45) is 0. The van der Waals surface area contributed by atoms with Crippen molar-refractivity contribution in [2.75, 3.05) is 0 Å². The maximum absolute atomic E-state index is 8.67. The van der Waals surface area contributed by atoms with E-state index in [1.807, 2.05) is 54.6 Å². The van der Waals surface area contributed by atoms with Crippen molar-refractivity contribution in [1.29, 1.82) is 0 Å². The first-order valence-electron chi connectivity index (χ1n) is 20.5. The smallest absolute Gasteiger partial charge is 0.167 e. The van der Waals surface area contributed by atoms with E-state index in [1.54, 1.807) is 12.1 Å². The summed E-state index contributed by atoms with van der Waals surface area (Å²) >= 11 is 0. The maximum atomic E-state index is 8.67. The minimum Gasteiger partial charge on any atom is -0.455 e. The SMILES string of the molecule is [2H]c1c([2H])c([2H])c(-c2nc(-c3c([2H])c([2H])c([2H])c([2H])c3[2H])nc(-c3cccc4c3oc3c(-c5ccc(-c6ccc(-c7ccccc7)cc6)cc5)cccc34)n2)c([2H])c1[2H]. The van der Waals surface area contributed by atoms with E-state index < -0.39 is 60.4 Å². The largest absolute Gasteiger partial charge is 0.455 e. The fraction of sp³-hybridized carbons (Fsp3) is 0. The van der Waals surface area contributed by atoms with Crippen molar-refractivity contribution in [2.24, 2.45) is 0 Å². The van der Waals surface area contributed by atoms with Crippen LogP contribution in [0.15, 0.2) is 180 Å². The molecule has 0 aliphatic heterocycles. The van der Waals surface area contributed by atoms with Crippen molar-refractivity contribution in [3.8, 4) is 67.5 Å². The number of rotatable bonds is 6. The molecule has 0 aliphatic carbocycles. The Balaban J connectivity index is 1.20. The predicted octanol–water partition coefficient (Wildman–Crippen LogP) is 11.8. The van der Waals surface area contributed by atoms with Gasteiger partial charge in [-0.2, -0.15) is 0 Å². The van der Waals surface area contributed by atoms with Gasteiger partial charge in [0, 0.05) is 27.5 Å². The van der Waals surface area contributed by atoms with Crippen LogP contribution >= 0.6 is 0 Å². The Kier molecular flexibility index (Phi) is 4.94. The highest BCUT2D eigenvalue weighted by Crippen LogP contribution is 2.40. The summed E-state index contributed by atoms with van der Waals surface area (Å²) in [6, 6.07) is 32.0. The van der Waals surface area contributed by atoms with E-state index in [4.69, 9.17) is 18.1 Å². The number of fused-ring (bicyclic) bond motifs is 3. The molecule has 4 nitrogen and oxygen atoms in total. The normalized spacial score (nSPS) is 14.1. The molecule has 230 valence electrons. The zero-order valence-corrected chi connectivity index (χ0v) is 25.7. The average molecular weight is 638 g/mol. The molecule has 0 N–H and O–H groups in total. The van der Waals surface area contributed by atoms with Crippen LogP contribution in [0, 0.1) is 0 Å². The van der Waals surface area contributed by atoms with Crippen LogP contribution in [0.25, 0.3) is 89.5 Å². The lowest BCUT2D eigenvalue weighted by Crippen LogP contribution is -2.00. The highest BCUT2D eigenvalue weighted by Gasteiger charge is 2.19. The number of furan rings is 1. The lowest BCUT2D eigenvalue weighted by Gasteiger charge is -2.08. The highest BCUT2D eigenvalue weighted by atomic mass is 16.3. The van der Waals surface area contributed by atoms with Crippen molar-refractivity contribution in [2.45, 2.75) is 0 Å². The molecule has 9 rings (SSSR count). The molecule has 0 saturated heterocycles. The van der Waals surface area contributed by atoms with Gasteiger partial charge in [-0.15, -0.1) is 0 Å². The summed E-state index contributed by atoms with van der Waals surface area (Å²) in [5.74, 6) is -0.771. The third-order valence-electron chi connectivity index (χ3n) is 8.37. The summed E-state index contributed by atoms with van der Waals surface area (Å²) in [5, 5.41) is 1.51. The van der Waals surface area contributed by atoms with Crippen LogP contribution in [0.1, 0.15) is 13.7 Å². The zero-order valence-electron chi connectivity index (χ0n) is 35.7. The first-order chi connectivity index (χ1) is 28.4. The molecule has 7 aromatic carbocycles. The molecule has 0 atom stereocenters. The zero-order chi connectivity index (χ0) is 41.3. The predicted molar refractivity (Wildman–Crippen MR) is 200 cm³/mol.